The van der Waals surface area contributed by atoms with E-state index in [-0.39, 0.29) is 12.1 Å². The molecule has 1 aliphatic rings. The molecule has 0 bridgehead atoms. The van der Waals surface area contributed by atoms with Crippen LogP contribution in [0.25, 0.3) is 5.69 Å². The van der Waals surface area contributed by atoms with Gasteiger partial charge in [-0.25, -0.2) is 0 Å². The Morgan fingerprint density at radius 3 is 2.42 bits per heavy atom. The average Bonchev–Trinajstić information content (AvgIpc) is 3.41. The molecule has 38 heavy (non-hydrogen) atoms. The van der Waals surface area contributed by atoms with E-state index in [4.69, 9.17) is 33.3 Å². The Labute approximate surface area is 234 Å². The molecule has 3 heterocycles. The number of hydrogen-bond donors (Lipinski definition) is 1. The molecule has 2 aromatic heterocycles. The molecule has 2 atom stereocenters. The smallest absolute Gasteiger partial charge is 0.174 e. The van der Waals surface area contributed by atoms with E-state index in [1.165, 1.54) is 11.1 Å². The molecule has 2 aromatic carbocycles. The molecule has 0 saturated carbocycles. The summed E-state index contributed by atoms with van der Waals surface area (Å²) in [5, 5.41) is 4.68. The van der Waals surface area contributed by atoms with Crippen LogP contribution in [0.15, 0.2) is 72.9 Å². The third-order valence-electron chi connectivity index (χ3n) is 6.92. The maximum Gasteiger partial charge on any atom is 0.174 e. The fraction of sp³-hybridized carbons (Fsp3) is 0.267. The van der Waals surface area contributed by atoms with Crippen LogP contribution in [-0.4, -0.2) is 35.0 Å². The van der Waals surface area contributed by atoms with E-state index in [2.05, 4.69) is 70.9 Å². The summed E-state index contributed by atoms with van der Waals surface area (Å²) in [6.07, 6.45) is 1.82. The highest BCUT2D eigenvalue weighted by molar-refractivity contribution is 7.80. The van der Waals surface area contributed by atoms with Crippen LogP contribution in [0.4, 0.5) is 5.69 Å². The maximum atomic E-state index is 6.66. The van der Waals surface area contributed by atoms with E-state index in [9.17, 15) is 0 Å². The van der Waals surface area contributed by atoms with E-state index in [0.717, 1.165) is 28.5 Å². The highest BCUT2D eigenvalue weighted by Gasteiger charge is 2.42. The molecule has 5 rings (SSSR count). The van der Waals surface area contributed by atoms with Crippen molar-refractivity contribution in [2.75, 3.05) is 25.2 Å². The number of nitrogens with zero attached hydrogens (tertiary/aromatic N) is 3. The number of nitrogens with one attached hydrogen (secondary N) is 1. The van der Waals surface area contributed by atoms with Gasteiger partial charge in [-0.15, -0.1) is 0 Å². The summed E-state index contributed by atoms with van der Waals surface area (Å²) in [5.41, 5.74) is 7.64. The summed E-state index contributed by atoms with van der Waals surface area (Å²) in [5.74, 6) is 0.612. The number of thiocarbonyl (C=S) groups is 1. The molecule has 8 heteroatoms. The summed E-state index contributed by atoms with van der Waals surface area (Å²) in [6, 6.07) is 22.3. The summed E-state index contributed by atoms with van der Waals surface area (Å²) in [7, 11) is 1.64. The zero-order chi connectivity index (χ0) is 26.8. The SMILES string of the molecule is COCCOc1ccc(N2C(=S)N[C@H](c3ccccn3)[C@@H]2c2cc(C)n(-c3ccc(C)cc3)c2C)cc1Cl. The lowest BCUT2D eigenvalue weighted by Crippen LogP contribution is -2.29. The Hall–Kier alpha value is -3.39. The molecular weight excluding hydrogens is 516 g/mol. The lowest BCUT2D eigenvalue weighted by Gasteiger charge is -2.28. The minimum Gasteiger partial charge on any atom is -0.490 e. The van der Waals surface area contributed by atoms with Gasteiger partial charge in [0.25, 0.3) is 0 Å². The van der Waals surface area contributed by atoms with Crippen molar-refractivity contribution < 1.29 is 9.47 Å². The fourth-order valence-corrected chi connectivity index (χ4v) is 5.69. The second kappa shape index (κ2) is 11.2. The highest BCUT2D eigenvalue weighted by atomic mass is 35.5. The van der Waals surface area contributed by atoms with Gasteiger partial charge < -0.3 is 24.3 Å². The second-order valence-electron chi connectivity index (χ2n) is 9.45. The van der Waals surface area contributed by atoms with Gasteiger partial charge in [0.2, 0.25) is 0 Å². The van der Waals surface area contributed by atoms with E-state index in [0.29, 0.717) is 29.1 Å². The molecule has 1 aliphatic heterocycles. The van der Waals surface area contributed by atoms with Crippen LogP contribution < -0.4 is 15.0 Å². The van der Waals surface area contributed by atoms with Crippen molar-refractivity contribution in [3.05, 3.63) is 106 Å². The third-order valence-corrected chi connectivity index (χ3v) is 7.53. The number of aryl methyl sites for hydroxylation is 2. The van der Waals surface area contributed by atoms with Gasteiger partial charge in [-0.2, -0.15) is 0 Å². The summed E-state index contributed by atoms with van der Waals surface area (Å²) in [4.78, 5) is 6.83. The van der Waals surface area contributed by atoms with E-state index in [1.54, 1.807) is 7.11 Å². The second-order valence-corrected chi connectivity index (χ2v) is 10.2. The van der Waals surface area contributed by atoms with Gasteiger partial charge in [-0.1, -0.05) is 35.4 Å². The number of ether oxygens (including phenoxy) is 2. The van der Waals surface area contributed by atoms with E-state index >= 15 is 0 Å². The molecule has 0 radical (unpaired) electrons. The van der Waals surface area contributed by atoms with Crippen molar-refractivity contribution in [2.24, 2.45) is 0 Å². The maximum absolute atomic E-state index is 6.66. The molecular formula is C30H31ClN4O2S. The van der Waals surface area contributed by atoms with Crippen LogP contribution in [0.1, 0.15) is 40.3 Å². The van der Waals surface area contributed by atoms with Crippen molar-refractivity contribution in [2.45, 2.75) is 32.9 Å². The van der Waals surface area contributed by atoms with Crippen molar-refractivity contribution in [1.29, 1.82) is 0 Å². The van der Waals surface area contributed by atoms with Gasteiger partial charge in [0, 0.05) is 36.1 Å². The van der Waals surface area contributed by atoms with Gasteiger partial charge in [-0.3, -0.25) is 4.98 Å². The van der Waals surface area contributed by atoms with Crippen LogP contribution in [0.3, 0.4) is 0 Å². The highest BCUT2D eigenvalue weighted by Crippen LogP contribution is 2.45. The zero-order valence-electron chi connectivity index (χ0n) is 21.9. The fourth-order valence-electron chi connectivity index (χ4n) is 5.12. The molecule has 0 aliphatic carbocycles. The van der Waals surface area contributed by atoms with Crippen LogP contribution in [0.5, 0.6) is 5.75 Å². The van der Waals surface area contributed by atoms with E-state index < -0.39 is 0 Å². The number of aromatic nitrogens is 2. The first-order valence-electron chi connectivity index (χ1n) is 12.6. The van der Waals surface area contributed by atoms with Crippen LogP contribution in [0, 0.1) is 20.8 Å². The van der Waals surface area contributed by atoms with Crippen molar-refractivity contribution in [1.82, 2.24) is 14.9 Å². The third kappa shape index (κ3) is 5.01. The molecule has 0 amide bonds. The standard InChI is InChI=1S/C30H31ClN4O2S/c1-19-8-10-22(11-9-19)34-20(2)17-24(21(34)3)29-28(26-7-5-6-14-32-26)33-30(38)35(29)23-12-13-27(25(31)18-23)37-16-15-36-4/h5-14,17-18,28-29H,15-16H2,1-4H3,(H,33,38)/t28-,29+/m1/s1. The van der Waals surface area contributed by atoms with Crippen LogP contribution in [-0.2, 0) is 4.74 Å². The Morgan fingerprint density at radius 2 is 1.74 bits per heavy atom. The van der Waals surface area contributed by atoms with Crippen LogP contribution in [0.2, 0.25) is 5.02 Å². The molecule has 1 fully saturated rings. The topological polar surface area (TPSA) is 51.6 Å². The van der Waals surface area contributed by atoms with Gasteiger partial charge >= 0.3 is 0 Å². The van der Waals surface area contributed by atoms with Crippen molar-refractivity contribution >= 4 is 34.6 Å². The number of halogens is 1. The molecule has 196 valence electrons. The predicted octanol–water partition coefficient (Wildman–Crippen LogP) is 6.65. The quantitative estimate of drug-likeness (QED) is 0.197. The number of benzene rings is 2. The number of methoxy groups -OCH3 is 1. The Morgan fingerprint density at radius 1 is 0.974 bits per heavy atom. The first-order chi connectivity index (χ1) is 18.4. The van der Waals surface area contributed by atoms with Crippen molar-refractivity contribution in [3.63, 3.8) is 0 Å². The Kier molecular flexibility index (Phi) is 7.70. The predicted molar refractivity (Wildman–Crippen MR) is 157 cm³/mol. The summed E-state index contributed by atoms with van der Waals surface area (Å²) >= 11 is 12.6. The largest absolute Gasteiger partial charge is 0.490 e. The van der Waals surface area contributed by atoms with Gasteiger partial charge in [0.05, 0.1) is 29.4 Å². The number of anilines is 1. The Bertz CT molecular complexity index is 1440. The van der Waals surface area contributed by atoms with Crippen LogP contribution >= 0.6 is 23.8 Å². The normalized spacial score (nSPS) is 17.1. The summed E-state index contributed by atoms with van der Waals surface area (Å²) < 4.78 is 13.2. The van der Waals surface area contributed by atoms with Gasteiger partial charge in [0.15, 0.2) is 5.11 Å². The molecule has 1 saturated heterocycles. The summed E-state index contributed by atoms with van der Waals surface area (Å²) in [6.45, 7) is 7.32. The first-order valence-corrected chi connectivity index (χ1v) is 13.4. The molecule has 4 aromatic rings. The van der Waals surface area contributed by atoms with E-state index in [1.807, 2.05) is 42.6 Å². The molecule has 1 N–H and O–H groups in total. The molecule has 0 spiro atoms. The lowest BCUT2D eigenvalue weighted by molar-refractivity contribution is 0.146. The molecule has 6 nitrogen and oxygen atoms in total. The minimum atomic E-state index is -0.146. The number of rotatable bonds is 8. The Balaban J connectivity index is 1.60. The minimum absolute atomic E-state index is 0.140. The lowest BCUT2D eigenvalue weighted by atomic mass is 9.96. The monoisotopic (exact) mass is 546 g/mol. The average molecular weight is 547 g/mol. The number of pyridine rings is 1. The number of hydrogen-bond acceptors (Lipinski definition) is 4. The molecule has 0 unspecified atom stereocenters. The van der Waals surface area contributed by atoms with Gasteiger partial charge in [-0.05, 0) is 87.1 Å². The van der Waals surface area contributed by atoms with Crippen molar-refractivity contribution in [3.8, 4) is 11.4 Å². The zero-order valence-corrected chi connectivity index (χ0v) is 23.5. The first kappa shape index (κ1) is 26.2. The van der Waals surface area contributed by atoms with Gasteiger partial charge in [0.1, 0.15) is 12.4 Å².